The van der Waals surface area contributed by atoms with Crippen LogP contribution in [0.15, 0.2) is 91.1 Å². The third kappa shape index (κ3) is 5.54. The van der Waals surface area contributed by atoms with E-state index in [1.165, 1.54) is 0 Å². The lowest BCUT2D eigenvalue weighted by Gasteiger charge is -2.23. The molecular formula is C29H31N3O2. The number of nitrogens with one attached hydrogen (secondary N) is 3. The van der Waals surface area contributed by atoms with Gasteiger partial charge in [0.25, 0.3) is 0 Å². The van der Waals surface area contributed by atoms with Crippen LogP contribution in [-0.2, 0) is 16.0 Å². The zero-order chi connectivity index (χ0) is 23.8. The second-order valence-corrected chi connectivity index (χ2v) is 8.52. The van der Waals surface area contributed by atoms with Gasteiger partial charge in [-0.15, -0.1) is 0 Å². The van der Waals surface area contributed by atoms with Gasteiger partial charge in [-0.3, -0.25) is 9.59 Å². The predicted octanol–water partition coefficient (Wildman–Crippen LogP) is 4.94. The molecule has 0 saturated heterocycles. The molecule has 0 saturated carbocycles. The number of carbonyl (C=O) groups is 2. The molecule has 174 valence electrons. The van der Waals surface area contributed by atoms with Crippen LogP contribution < -0.4 is 10.6 Å². The van der Waals surface area contributed by atoms with Gasteiger partial charge in [0.2, 0.25) is 11.8 Å². The topological polar surface area (TPSA) is 74.0 Å². The highest BCUT2D eigenvalue weighted by Gasteiger charge is 2.28. The van der Waals surface area contributed by atoms with Crippen molar-refractivity contribution in [1.29, 1.82) is 0 Å². The number of carbonyl (C=O) groups excluding carboxylic acids is 2. The van der Waals surface area contributed by atoms with Gasteiger partial charge in [-0.25, -0.2) is 0 Å². The van der Waals surface area contributed by atoms with Gasteiger partial charge >= 0.3 is 0 Å². The third-order valence-corrected chi connectivity index (χ3v) is 6.09. The minimum absolute atomic E-state index is 0.160. The third-order valence-electron chi connectivity index (χ3n) is 6.09. The molecule has 0 unspecified atom stereocenters. The van der Waals surface area contributed by atoms with E-state index in [-0.39, 0.29) is 11.8 Å². The van der Waals surface area contributed by atoms with Crippen LogP contribution in [0.1, 0.15) is 42.4 Å². The molecule has 0 bridgehead atoms. The lowest BCUT2D eigenvalue weighted by molar-refractivity contribution is -0.129. The first-order valence-corrected chi connectivity index (χ1v) is 11.9. The maximum Gasteiger partial charge on any atom is 0.242 e. The first-order valence-electron chi connectivity index (χ1n) is 11.9. The Morgan fingerprint density at radius 3 is 2.09 bits per heavy atom. The number of para-hydroxylation sites is 1. The summed E-state index contributed by atoms with van der Waals surface area (Å²) in [5, 5.41) is 7.14. The highest BCUT2D eigenvalue weighted by atomic mass is 16.2. The van der Waals surface area contributed by atoms with Gasteiger partial charge in [0.05, 0.1) is 5.92 Å². The molecule has 0 spiro atoms. The fraction of sp³-hybridized carbons (Fsp3) is 0.241. The van der Waals surface area contributed by atoms with Gasteiger partial charge in [-0.1, -0.05) is 92.2 Å². The second kappa shape index (κ2) is 11.3. The molecule has 0 aliphatic rings. The summed E-state index contributed by atoms with van der Waals surface area (Å²) in [6.45, 7) is 2.68. The van der Waals surface area contributed by atoms with Gasteiger partial charge in [0.15, 0.2) is 0 Å². The van der Waals surface area contributed by atoms with Crippen LogP contribution in [0.5, 0.6) is 0 Å². The second-order valence-electron chi connectivity index (χ2n) is 8.52. The van der Waals surface area contributed by atoms with Gasteiger partial charge in [-0.2, -0.15) is 0 Å². The molecule has 5 heteroatoms. The number of aromatic amines is 1. The number of unbranched alkanes of at least 4 members (excludes halogenated alkanes) is 1. The molecule has 1 heterocycles. The number of hydrogen-bond acceptors (Lipinski definition) is 2. The number of amides is 2. The first-order chi connectivity index (χ1) is 16.7. The Balaban J connectivity index is 1.62. The summed E-state index contributed by atoms with van der Waals surface area (Å²) in [5.41, 5.74) is 3.80. The summed E-state index contributed by atoms with van der Waals surface area (Å²) in [4.78, 5) is 30.1. The van der Waals surface area contributed by atoms with Gasteiger partial charge in [0, 0.05) is 30.1 Å². The standard InChI is InChI=1S/C29H31N3O2/c1-2-3-18-30-28(33)26(19-23-20-31-25-17-11-10-16-24(23)25)32-29(34)27(21-12-6-4-7-13-21)22-14-8-5-9-15-22/h4-17,20,26-27,31H,2-3,18-19H2,1H3,(H,30,33)(H,32,34)/t26-/m0/s1. The van der Waals surface area contributed by atoms with Crippen molar-refractivity contribution in [3.8, 4) is 0 Å². The molecule has 4 rings (SSSR count). The van der Waals surface area contributed by atoms with Crippen LogP contribution in [0.3, 0.4) is 0 Å². The Labute approximate surface area is 200 Å². The molecule has 0 aliphatic carbocycles. The smallest absolute Gasteiger partial charge is 0.242 e. The summed E-state index contributed by atoms with van der Waals surface area (Å²) < 4.78 is 0. The molecule has 3 N–H and O–H groups in total. The van der Waals surface area contributed by atoms with Crippen molar-refractivity contribution in [3.63, 3.8) is 0 Å². The summed E-state index contributed by atoms with van der Waals surface area (Å²) in [6, 6.07) is 26.7. The van der Waals surface area contributed by atoms with Crippen molar-refractivity contribution >= 4 is 22.7 Å². The summed E-state index contributed by atoms with van der Waals surface area (Å²) >= 11 is 0. The molecule has 3 aromatic carbocycles. The van der Waals surface area contributed by atoms with Crippen LogP contribution in [-0.4, -0.2) is 29.4 Å². The SMILES string of the molecule is CCCCNC(=O)[C@H](Cc1c[nH]c2ccccc12)NC(=O)C(c1ccccc1)c1ccccc1. The van der Waals surface area contributed by atoms with Crippen molar-refractivity contribution in [2.45, 2.75) is 38.1 Å². The average Bonchev–Trinajstić information content (AvgIpc) is 3.28. The monoisotopic (exact) mass is 453 g/mol. The molecule has 5 nitrogen and oxygen atoms in total. The molecule has 0 radical (unpaired) electrons. The van der Waals surface area contributed by atoms with Gasteiger partial charge < -0.3 is 15.6 Å². The number of hydrogen-bond donors (Lipinski definition) is 3. The highest BCUT2D eigenvalue weighted by Crippen LogP contribution is 2.25. The predicted molar refractivity (Wildman–Crippen MR) is 137 cm³/mol. The lowest BCUT2D eigenvalue weighted by Crippen LogP contribution is -2.49. The molecule has 2 amide bonds. The van der Waals surface area contributed by atoms with E-state index in [0.29, 0.717) is 13.0 Å². The van der Waals surface area contributed by atoms with Crippen molar-refractivity contribution in [2.75, 3.05) is 6.54 Å². The number of aromatic nitrogens is 1. The van der Waals surface area contributed by atoms with Crippen molar-refractivity contribution in [3.05, 3.63) is 108 Å². The Morgan fingerprint density at radius 1 is 0.824 bits per heavy atom. The zero-order valence-electron chi connectivity index (χ0n) is 19.5. The number of benzene rings is 3. The van der Waals surface area contributed by atoms with E-state index < -0.39 is 12.0 Å². The molecular weight excluding hydrogens is 422 g/mol. The lowest BCUT2D eigenvalue weighted by atomic mass is 9.90. The Kier molecular flexibility index (Phi) is 7.76. The Morgan fingerprint density at radius 2 is 1.44 bits per heavy atom. The minimum atomic E-state index is -0.682. The molecule has 0 fully saturated rings. The van der Waals surface area contributed by atoms with Crippen molar-refractivity contribution < 1.29 is 9.59 Å². The molecule has 1 atom stereocenters. The summed E-state index contributed by atoms with van der Waals surface area (Å²) in [5.74, 6) is -0.851. The highest BCUT2D eigenvalue weighted by molar-refractivity contribution is 5.93. The Hall–Kier alpha value is -3.86. The van der Waals surface area contributed by atoms with Crippen LogP contribution in [0, 0.1) is 0 Å². The maximum atomic E-state index is 13.7. The van der Waals surface area contributed by atoms with Crippen molar-refractivity contribution in [1.82, 2.24) is 15.6 Å². The molecule has 1 aromatic heterocycles. The molecule has 34 heavy (non-hydrogen) atoms. The Bertz CT molecular complexity index is 1180. The van der Waals surface area contributed by atoms with E-state index >= 15 is 0 Å². The van der Waals surface area contributed by atoms with E-state index in [4.69, 9.17) is 0 Å². The number of rotatable bonds is 10. The minimum Gasteiger partial charge on any atom is -0.361 e. The van der Waals surface area contributed by atoms with E-state index in [2.05, 4.69) is 22.5 Å². The number of H-pyrrole nitrogens is 1. The summed E-state index contributed by atoms with van der Waals surface area (Å²) in [6.07, 6.45) is 4.22. The normalized spacial score (nSPS) is 11.9. The fourth-order valence-electron chi connectivity index (χ4n) is 4.28. The quantitative estimate of drug-likeness (QED) is 0.298. The zero-order valence-corrected chi connectivity index (χ0v) is 19.5. The molecule has 0 aliphatic heterocycles. The average molecular weight is 454 g/mol. The van der Waals surface area contributed by atoms with E-state index in [9.17, 15) is 9.59 Å². The van der Waals surface area contributed by atoms with Gasteiger partial charge in [0.1, 0.15) is 6.04 Å². The van der Waals surface area contributed by atoms with E-state index in [1.807, 2.05) is 91.1 Å². The van der Waals surface area contributed by atoms with Crippen molar-refractivity contribution in [2.24, 2.45) is 0 Å². The van der Waals surface area contributed by atoms with Crippen LogP contribution in [0.25, 0.3) is 10.9 Å². The summed E-state index contributed by atoms with van der Waals surface area (Å²) in [7, 11) is 0. The largest absolute Gasteiger partial charge is 0.361 e. The van der Waals surface area contributed by atoms with Crippen LogP contribution in [0.4, 0.5) is 0 Å². The van der Waals surface area contributed by atoms with Crippen LogP contribution >= 0.6 is 0 Å². The number of fused-ring (bicyclic) bond motifs is 1. The van der Waals surface area contributed by atoms with E-state index in [0.717, 1.165) is 40.4 Å². The first kappa shape index (κ1) is 23.3. The van der Waals surface area contributed by atoms with Gasteiger partial charge in [-0.05, 0) is 29.2 Å². The van der Waals surface area contributed by atoms with E-state index in [1.54, 1.807) is 0 Å². The van der Waals surface area contributed by atoms with Crippen LogP contribution in [0.2, 0.25) is 0 Å². The molecule has 4 aromatic rings. The fourth-order valence-corrected chi connectivity index (χ4v) is 4.28. The maximum absolute atomic E-state index is 13.7.